The Bertz CT molecular complexity index is 392. The first-order chi connectivity index (χ1) is 7.16. The highest BCUT2D eigenvalue weighted by Crippen LogP contribution is 2.33. The molecule has 0 saturated heterocycles. The van der Waals surface area contributed by atoms with Crippen LogP contribution < -0.4 is 10.2 Å². The SMILES string of the molecule is CC(=O)OCN1CNc2ccc(O)cc21. The third-order valence-corrected chi connectivity index (χ3v) is 2.21. The standard InChI is InChI=1S/C10H12N2O3/c1-7(13)15-6-12-5-11-9-3-2-8(14)4-10(9)12/h2-4,11,14H,5-6H2,1H3. The van der Waals surface area contributed by atoms with E-state index >= 15 is 0 Å². The van der Waals surface area contributed by atoms with Gasteiger partial charge >= 0.3 is 5.97 Å². The maximum absolute atomic E-state index is 10.7. The highest BCUT2D eigenvalue weighted by molar-refractivity contribution is 5.76. The average Bonchev–Trinajstić information content (AvgIpc) is 2.57. The van der Waals surface area contributed by atoms with Crippen molar-refractivity contribution in [2.24, 2.45) is 0 Å². The predicted molar refractivity (Wildman–Crippen MR) is 55.7 cm³/mol. The number of carbonyl (C=O) groups is 1. The van der Waals surface area contributed by atoms with Gasteiger partial charge in [-0.15, -0.1) is 0 Å². The molecule has 0 atom stereocenters. The Labute approximate surface area is 87.3 Å². The summed E-state index contributed by atoms with van der Waals surface area (Å²) in [7, 11) is 0. The fourth-order valence-corrected chi connectivity index (χ4v) is 1.48. The topological polar surface area (TPSA) is 61.8 Å². The molecule has 5 heteroatoms. The molecule has 15 heavy (non-hydrogen) atoms. The first-order valence-corrected chi connectivity index (χ1v) is 4.62. The van der Waals surface area contributed by atoms with E-state index in [4.69, 9.17) is 4.74 Å². The van der Waals surface area contributed by atoms with Crippen molar-refractivity contribution < 1.29 is 14.6 Å². The van der Waals surface area contributed by atoms with Gasteiger partial charge in [0.05, 0.1) is 18.0 Å². The molecule has 0 saturated carbocycles. The van der Waals surface area contributed by atoms with Gasteiger partial charge in [-0.2, -0.15) is 0 Å². The summed E-state index contributed by atoms with van der Waals surface area (Å²) < 4.78 is 4.89. The minimum absolute atomic E-state index is 0.193. The Morgan fingerprint density at radius 1 is 1.67 bits per heavy atom. The van der Waals surface area contributed by atoms with Crippen molar-refractivity contribution >= 4 is 17.3 Å². The second-order valence-electron chi connectivity index (χ2n) is 3.34. The van der Waals surface area contributed by atoms with Crippen LogP contribution in [0.25, 0.3) is 0 Å². The Morgan fingerprint density at radius 3 is 3.20 bits per heavy atom. The second-order valence-corrected chi connectivity index (χ2v) is 3.34. The van der Waals surface area contributed by atoms with E-state index in [-0.39, 0.29) is 18.4 Å². The van der Waals surface area contributed by atoms with E-state index in [0.717, 1.165) is 11.4 Å². The quantitative estimate of drug-likeness (QED) is 0.563. The Kier molecular flexibility index (Phi) is 2.37. The molecular formula is C10H12N2O3. The summed E-state index contributed by atoms with van der Waals surface area (Å²) in [6.07, 6.45) is 0. The summed E-state index contributed by atoms with van der Waals surface area (Å²) in [6.45, 7) is 2.14. The molecule has 0 amide bonds. The molecule has 0 unspecified atom stereocenters. The van der Waals surface area contributed by atoms with Crippen LogP contribution in [0.1, 0.15) is 6.92 Å². The number of aromatic hydroxyl groups is 1. The number of rotatable bonds is 2. The van der Waals surface area contributed by atoms with Gasteiger partial charge in [0.2, 0.25) is 0 Å². The maximum atomic E-state index is 10.7. The highest BCUT2D eigenvalue weighted by atomic mass is 16.5. The largest absolute Gasteiger partial charge is 0.508 e. The molecule has 80 valence electrons. The monoisotopic (exact) mass is 208 g/mol. The number of hydrogen-bond acceptors (Lipinski definition) is 5. The number of esters is 1. The first-order valence-electron chi connectivity index (χ1n) is 4.62. The number of carbonyl (C=O) groups excluding carboxylic acids is 1. The molecule has 0 bridgehead atoms. The Hall–Kier alpha value is -1.91. The van der Waals surface area contributed by atoms with Gasteiger partial charge in [-0.1, -0.05) is 0 Å². The van der Waals surface area contributed by atoms with Crippen molar-refractivity contribution in [1.82, 2.24) is 0 Å². The number of fused-ring (bicyclic) bond motifs is 1. The summed E-state index contributed by atoms with van der Waals surface area (Å²) in [4.78, 5) is 12.5. The number of phenolic OH excluding ortho intramolecular Hbond substituents is 1. The van der Waals surface area contributed by atoms with Gasteiger partial charge in [0.15, 0.2) is 6.73 Å². The fourth-order valence-electron chi connectivity index (χ4n) is 1.48. The molecule has 0 aromatic heterocycles. The number of phenols is 1. The molecule has 1 aromatic carbocycles. The molecule has 1 aliphatic heterocycles. The van der Waals surface area contributed by atoms with Crippen molar-refractivity contribution in [3.05, 3.63) is 18.2 Å². The lowest BCUT2D eigenvalue weighted by atomic mass is 10.2. The zero-order valence-electron chi connectivity index (χ0n) is 8.36. The van der Waals surface area contributed by atoms with Gasteiger partial charge in [-0.05, 0) is 12.1 Å². The van der Waals surface area contributed by atoms with Crippen LogP contribution in [0.15, 0.2) is 18.2 Å². The van der Waals surface area contributed by atoms with Gasteiger partial charge in [0, 0.05) is 13.0 Å². The molecule has 0 radical (unpaired) electrons. The van der Waals surface area contributed by atoms with E-state index in [0.29, 0.717) is 6.67 Å². The lowest BCUT2D eigenvalue weighted by molar-refractivity contribution is -0.140. The van der Waals surface area contributed by atoms with Crippen LogP contribution in [0, 0.1) is 0 Å². The zero-order chi connectivity index (χ0) is 10.8. The number of nitrogens with one attached hydrogen (secondary N) is 1. The summed E-state index contributed by atoms with van der Waals surface area (Å²) >= 11 is 0. The van der Waals surface area contributed by atoms with Crippen LogP contribution in [0.2, 0.25) is 0 Å². The van der Waals surface area contributed by atoms with E-state index in [2.05, 4.69) is 5.32 Å². The van der Waals surface area contributed by atoms with Crippen LogP contribution in [0.4, 0.5) is 11.4 Å². The summed E-state index contributed by atoms with van der Waals surface area (Å²) in [5, 5.41) is 12.5. The number of anilines is 2. The van der Waals surface area contributed by atoms with Crippen molar-refractivity contribution in [3.63, 3.8) is 0 Å². The van der Waals surface area contributed by atoms with Gasteiger partial charge in [-0.25, -0.2) is 0 Å². The zero-order valence-corrected chi connectivity index (χ0v) is 8.36. The highest BCUT2D eigenvalue weighted by Gasteiger charge is 2.19. The minimum Gasteiger partial charge on any atom is -0.508 e. The number of ether oxygens (including phenoxy) is 1. The molecule has 2 rings (SSSR count). The minimum atomic E-state index is -0.316. The molecule has 0 fully saturated rings. The van der Waals surface area contributed by atoms with Crippen LogP contribution in [-0.4, -0.2) is 24.5 Å². The van der Waals surface area contributed by atoms with Gasteiger partial charge in [0.25, 0.3) is 0 Å². The molecule has 0 aliphatic carbocycles. The van der Waals surface area contributed by atoms with Crippen molar-refractivity contribution in [1.29, 1.82) is 0 Å². The van der Waals surface area contributed by atoms with Gasteiger partial charge in [0.1, 0.15) is 5.75 Å². The van der Waals surface area contributed by atoms with Crippen molar-refractivity contribution in [3.8, 4) is 5.75 Å². The van der Waals surface area contributed by atoms with Crippen LogP contribution in [0.5, 0.6) is 5.75 Å². The summed E-state index contributed by atoms with van der Waals surface area (Å²) in [5.74, 6) is -0.117. The van der Waals surface area contributed by atoms with Gasteiger partial charge in [-0.3, -0.25) is 4.79 Å². The van der Waals surface area contributed by atoms with Crippen molar-refractivity contribution in [2.45, 2.75) is 6.92 Å². The molecule has 1 aromatic rings. The maximum Gasteiger partial charge on any atom is 0.304 e. The normalized spacial score (nSPS) is 13.3. The van der Waals surface area contributed by atoms with E-state index in [9.17, 15) is 9.90 Å². The molecular weight excluding hydrogens is 196 g/mol. The van der Waals surface area contributed by atoms with Crippen LogP contribution in [0.3, 0.4) is 0 Å². The smallest absolute Gasteiger partial charge is 0.304 e. The van der Waals surface area contributed by atoms with E-state index < -0.39 is 0 Å². The number of benzene rings is 1. The molecule has 2 N–H and O–H groups in total. The van der Waals surface area contributed by atoms with Crippen LogP contribution in [-0.2, 0) is 9.53 Å². The van der Waals surface area contributed by atoms with Crippen molar-refractivity contribution in [2.75, 3.05) is 23.6 Å². The molecule has 1 aliphatic rings. The third kappa shape index (κ3) is 1.96. The van der Waals surface area contributed by atoms with Gasteiger partial charge < -0.3 is 20.1 Å². The lowest BCUT2D eigenvalue weighted by Gasteiger charge is -2.16. The number of hydrogen-bond donors (Lipinski definition) is 2. The van der Waals surface area contributed by atoms with E-state index in [1.54, 1.807) is 18.2 Å². The Balaban J connectivity index is 2.13. The third-order valence-electron chi connectivity index (χ3n) is 2.21. The summed E-state index contributed by atoms with van der Waals surface area (Å²) in [6, 6.07) is 5.04. The molecule has 5 nitrogen and oxygen atoms in total. The predicted octanol–water partition coefficient (Wildman–Crippen LogP) is 1.10. The second kappa shape index (κ2) is 3.68. The molecule has 0 spiro atoms. The summed E-state index contributed by atoms with van der Waals surface area (Å²) in [5.41, 5.74) is 1.77. The number of nitrogens with zero attached hydrogens (tertiary/aromatic N) is 1. The van der Waals surface area contributed by atoms with E-state index in [1.807, 2.05) is 4.90 Å². The first kappa shape index (κ1) is 9.64. The molecule has 1 heterocycles. The van der Waals surface area contributed by atoms with Crippen LogP contribution >= 0.6 is 0 Å². The average molecular weight is 208 g/mol. The van der Waals surface area contributed by atoms with E-state index in [1.165, 1.54) is 6.92 Å². The fraction of sp³-hybridized carbons (Fsp3) is 0.300. The Morgan fingerprint density at radius 2 is 2.47 bits per heavy atom. The lowest BCUT2D eigenvalue weighted by Crippen LogP contribution is -2.26.